The minimum absolute atomic E-state index is 0.348. The molecule has 2 amide bonds. The third-order valence-electron chi connectivity index (χ3n) is 4.60. The molecule has 0 aromatic carbocycles. The van der Waals surface area contributed by atoms with Gasteiger partial charge in [-0.05, 0) is 39.5 Å². The first-order valence-corrected chi connectivity index (χ1v) is 7.59. The zero-order valence-electron chi connectivity index (χ0n) is 12.7. The van der Waals surface area contributed by atoms with E-state index in [9.17, 15) is 14.7 Å². The standard InChI is InChI=1S/C15H25NO4/c1-15(2,3)20-14(19)16(13(17)18)9-8-11-6-4-5-7-12(11)10-16/h11-12H,4-10H2,1-3H3/p+1/t11-,12+,16-/m0/s1. The Morgan fingerprint density at radius 2 is 1.70 bits per heavy atom. The summed E-state index contributed by atoms with van der Waals surface area (Å²) in [6, 6.07) is 0. The Labute approximate surface area is 120 Å². The molecule has 3 atom stereocenters. The van der Waals surface area contributed by atoms with Crippen molar-refractivity contribution in [2.24, 2.45) is 11.8 Å². The van der Waals surface area contributed by atoms with Gasteiger partial charge in [-0.25, -0.2) is 0 Å². The summed E-state index contributed by atoms with van der Waals surface area (Å²) >= 11 is 0. The number of amides is 2. The van der Waals surface area contributed by atoms with E-state index in [0.717, 1.165) is 19.3 Å². The number of imide groups is 1. The van der Waals surface area contributed by atoms with E-state index in [1.165, 1.54) is 12.8 Å². The third-order valence-corrected chi connectivity index (χ3v) is 4.60. The number of hydrogen-bond donors (Lipinski definition) is 1. The van der Waals surface area contributed by atoms with Crippen LogP contribution < -0.4 is 0 Å². The van der Waals surface area contributed by atoms with Crippen LogP contribution in [0.2, 0.25) is 0 Å². The fraction of sp³-hybridized carbons (Fsp3) is 0.867. The van der Waals surface area contributed by atoms with Gasteiger partial charge < -0.3 is 9.84 Å². The Morgan fingerprint density at radius 3 is 2.25 bits per heavy atom. The Bertz CT molecular complexity index is 401. The second-order valence-corrected chi connectivity index (χ2v) is 7.23. The lowest BCUT2D eigenvalue weighted by Crippen LogP contribution is -2.63. The van der Waals surface area contributed by atoms with Gasteiger partial charge in [-0.15, -0.1) is 4.48 Å². The van der Waals surface area contributed by atoms with Crippen molar-refractivity contribution in [1.82, 2.24) is 0 Å². The highest BCUT2D eigenvalue weighted by molar-refractivity contribution is 5.75. The molecule has 1 heterocycles. The summed E-state index contributed by atoms with van der Waals surface area (Å²) in [5.74, 6) is 0.943. The molecular weight excluding hydrogens is 258 g/mol. The van der Waals surface area contributed by atoms with Crippen molar-refractivity contribution in [3.8, 4) is 0 Å². The van der Waals surface area contributed by atoms with E-state index in [-0.39, 0.29) is 0 Å². The number of carbonyl (C=O) groups is 2. The maximum Gasteiger partial charge on any atom is 0.527 e. The molecule has 1 aliphatic heterocycles. The Hall–Kier alpha value is -1.10. The Morgan fingerprint density at radius 1 is 1.10 bits per heavy atom. The summed E-state index contributed by atoms with van der Waals surface area (Å²) in [6.07, 6.45) is 3.75. The lowest BCUT2D eigenvalue weighted by atomic mass is 9.74. The number of piperidine rings is 1. The van der Waals surface area contributed by atoms with Crippen molar-refractivity contribution < 1.29 is 23.9 Å². The lowest BCUT2D eigenvalue weighted by molar-refractivity contribution is -0.798. The number of ether oxygens (including phenoxy) is 1. The molecule has 5 heteroatoms. The molecular formula is C15H26NO4+. The molecule has 0 bridgehead atoms. The number of rotatable bonds is 0. The van der Waals surface area contributed by atoms with Crippen molar-refractivity contribution >= 4 is 12.2 Å². The number of carbonyl (C=O) groups excluding carboxylic acids is 1. The van der Waals surface area contributed by atoms with E-state index in [1.54, 1.807) is 20.8 Å². The molecule has 5 nitrogen and oxygen atoms in total. The minimum atomic E-state index is -1.07. The van der Waals surface area contributed by atoms with Crippen LogP contribution in [0.5, 0.6) is 0 Å². The van der Waals surface area contributed by atoms with E-state index in [2.05, 4.69) is 0 Å². The van der Waals surface area contributed by atoms with Gasteiger partial charge in [0.2, 0.25) is 0 Å². The molecule has 1 saturated carbocycles. The predicted octanol–water partition coefficient (Wildman–Crippen LogP) is 3.63. The van der Waals surface area contributed by atoms with E-state index in [0.29, 0.717) is 24.9 Å². The molecule has 20 heavy (non-hydrogen) atoms. The molecule has 0 spiro atoms. The van der Waals surface area contributed by atoms with Gasteiger partial charge in [0.25, 0.3) is 0 Å². The summed E-state index contributed by atoms with van der Waals surface area (Å²) in [7, 11) is 0. The summed E-state index contributed by atoms with van der Waals surface area (Å²) in [5, 5.41) is 9.62. The maximum atomic E-state index is 12.4. The van der Waals surface area contributed by atoms with Crippen molar-refractivity contribution in [1.29, 1.82) is 0 Å². The topological polar surface area (TPSA) is 63.6 Å². The highest BCUT2D eigenvalue weighted by atomic mass is 16.6. The number of quaternary nitrogens is 1. The SMILES string of the molecule is CC(C)(C)OC(=O)[N@@+]1(C(=O)O)CC[C@@H]2CCCC[C@@H]2C1. The molecule has 2 aliphatic rings. The Balaban J connectivity index is 2.18. The highest BCUT2D eigenvalue weighted by Gasteiger charge is 2.54. The van der Waals surface area contributed by atoms with Crippen LogP contribution >= 0.6 is 0 Å². The summed E-state index contributed by atoms with van der Waals surface area (Å²) in [5.41, 5.74) is -0.652. The van der Waals surface area contributed by atoms with Gasteiger partial charge >= 0.3 is 12.2 Å². The van der Waals surface area contributed by atoms with Gasteiger partial charge in [-0.2, -0.15) is 9.59 Å². The van der Waals surface area contributed by atoms with Crippen LogP contribution in [0.3, 0.4) is 0 Å². The van der Waals surface area contributed by atoms with Crippen molar-refractivity contribution in [2.75, 3.05) is 13.1 Å². The first-order chi connectivity index (χ1) is 9.24. The number of likely N-dealkylation sites (tertiary alicyclic amines) is 1. The molecule has 1 aliphatic carbocycles. The average Bonchev–Trinajstić information content (AvgIpc) is 2.35. The first kappa shape index (κ1) is 15.3. The highest BCUT2D eigenvalue weighted by Crippen LogP contribution is 2.39. The maximum absolute atomic E-state index is 12.4. The van der Waals surface area contributed by atoms with Crippen molar-refractivity contribution in [2.45, 2.75) is 58.5 Å². The molecule has 0 unspecified atom stereocenters. The predicted molar refractivity (Wildman–Crippen MR) is 74.3 cm³/mol. The number of fused-ring (bicyclic) bond motifs is 1. The fourth-order valence-corrected chi connectivity index (χ4v) is 3.55. The third kappa shape index (κ3) is 2.97. The molecule has 0 aromatic rings. The van der Waals surface area contributed by atoms with Crippen LogP contribution in [0.4, 0.5) is 9.59 Å². The van der Waals surface area contributed by atoms with Crippen LogP contribution in [0.1, 0.15) is 52.9 Å². The monoisotopic (exact) mass is 284 g/mol. The van der Waals surface area contributed by atoms with Crippen LogP contribution in [-0.4, -0.2) is 40.5 Å². The van der Waals surface area contributed by atoms with E-state index in [4.69, 9.17) is 4.74 Å². The lowest BCUT2D eigenvalue weighted by Gasteiger charge is -2.43. The van der Waals surface area contributed by atoms with Gasteiger partial charge in [-0.3, -0.25) is 0 Å². The smallest absolute Gasteiger partial charge is 0.435 e. The van der Waals surface area contributed by atoms with E-state index in [1.807, 2.05) is 0 Å². The van der Waals surface area contributed by atoms with Crippen LogP contribution in [-0.2, 0) is 4.74 Å². The second kappa shape index (κ2) is 5.35. The molecule has 0 aromatic heterocycles. The zero-order chi connectivity index (χ0) is 15.0. The zero-order valence-corrected chi connectivity index (χ0v) is 12.7. The van der Waals surface area contributed by atoms with Crippen LogP contribution in [0.25, 0.3) is 0 Å². The molecule has 114 valence electrons. The van der Waals surface area contributed by atoms with E-state index >= 15 is 0 Å². The fourth-order valence-electron chi connectivity index (χ4n) is 3.55. The van der Waals surface area contributed by atoms with Gasteiger partial charge in [0, 0.05) is 12.3 Å². The van der Waals surface area contributed by atoms with Gasteiger partial charge in [-0.1, -0.05) is 12.8 Å². The molecule has 1 saturated heterocycles. The van der Waals surface area contributed by atoms with Crippen LogP contribution in [0, 0.1) is 11.8 Å². The van der Waals surface area contributed by atoms with E-state index < -0.39 is 22.3 Å². The van der Waals surface area contributed by atoms with Gasteiger partial charge in [0.1, 0.15) is 12.1 Å². The van der Waals surface area contributed by atoms with Crippen molar-refractivity contribution in [3.05, 3.63) is 0 Å². The summed E-state index contributed by atoms with van der Waals surface area (Å²) < 4.78 is 4.83. The molecule has 2 fully saturated rings. The number of hydrogen-bond acceptors (Lipinski definition) is 3. The summed E-state index contributed by atoms with van der Waals surface area (Å²) in [4.78, 5) is 24.2. The molecule has 1 N–H and O–H groups in total. The average molecular weight is 284 g/mol. The van der Waals surface area contributed by atoms with Gasteiger partial charge in [0.15, 0.2) is 0 Å². The molecule has 2 rings (SSSR count). The number of carboxylic acid groups (broad SMARTS) is 1. The van der Waals surface area contributed by atoms with Crippen molar-refractivity contribution in [3.63, 3.8) is 0 Å². The first-order valence-electron chi connectivity index (χ1n) is 7.59. The summed E-state index contributed by atoms with van der Waals surface area (Å²) in [6.45, 7) is 6.09. The minimum Gasteiger partial charge on any atom is -0.435 e. The van der Waals surface area contributed by atoms with Crippen LogP contribution in [0.15, 0.2) is 0 Å². The van der Waals surface area contributed by atoms with Gasteiger partial charge in [0.05, 0.1) is 6.54 Å². The quantitative estimate of drug-likeness (QED) is 0.690. The Kier molecular flexibility index (Phi) is 4.09. The normalized spacial score (nSPS) is 34.1. The second-order valence-electron chi connectivity index (χ2n) is 7.23. The largest absolute Gasteiger partial charge is 0.527 e. The number of nitrogens with zero attached hydrogens (tertiary/aromatic N) is 1. The molecule has 0 radical (unpaired) electrons.